The fourth-order valence-corrected chi connectivity index (χ4v) is 2.45. The first-order valence-corrected chi connectivity index (χ1v) is 7.06. The zero-order chi connectivity index (χ0) is 16.4. The number of anilines is 2. The molecule has 2 amide bonds. The van der Waals surface area contributed by atoms with Crippen molar-refractivity contribution >= 4 is 23.2 Å². The van der Waals surface area contributed by atoms with E-state index in [-0.39, 0.29) is 11.8 Å². The molecule has 0 atom stereocenters. The Labute approximate surface area is 133 Å². The first kappa shape index (κ1) is 14.9. The highest BCUT2D eigenvalue weighted by Crippen LogP contribution is 2.27. The Balaban J connectivity index is 1.82. The second kappa shape index (κ2) is 6.00. The van der Waals surface area contributed by atoms with E-state index in [0.29, 0.717) is 29.2 Å². The summed E-state index contributed by atoms with van der Waals surface area (Å²) >= 11 is 0. The fraction of sp³-hybridized carbons (Fsp3) is 0.176. The summed E-state index contributed by atoms with van der Waals surface area (Å²) in [4.78, 5) is 23.8. The SMILES string of the molecule is COc1cc(OC)cc(C(=O)Nc2ccc3c(c2)CC(=O)N3)c1. The Morgan fingerprint density at radius 1 is 1.09 bits per heavy atom. The van der Waals surface area contributed by atoms with E-state index >= 15 is 0 Å². The van der Waals surface area contributed by atoms with Crippen LogP contribution in [-0.2, 0) is 11.2 Å². The molecular weight excluding hydrogens is 296 g/mol. The number of hydrogen-bond donors (Lipinski definition) is 2. The van der Waals surface area contributed by atoms with Gasteiger partial charge in [0.15, 0.2) is 0 Å². The minimum atomic E-state index is -0.278. The maximum Gasteiger partial charge on any atom is 0.255 e. The predicted molar refractivity (Wildman–Crippen MR) is 86.3 cm³/mol. The fourth-order valence-electron chi connectivity index (χ4n) is 2.45. The van der Waals surface area contributed by atoms with E-state index in [1.165, 1.54) is 14.2 Å². The van der Waals surface area contributed by atoms with Crippen LogP contribution in [0.1, 0.15) is 15.9 Å². The van der Waals surface area contributed by atoms with Crippen LogP contribution in [0.15, 0.2) is 36.4 Å². The molecular formula is C17H16N2O4. The number of fused-ring (bicyclic) bond motifs is 1. The molecule has 0 radical (unpaired) electrons. The minimum Gasteiger partial charge on any atom is -0.497 e. The molecule has 6 heteroatoms. The molecule has 1 heterocycles. The van der Waals surface area contributed by atoms with Gasteiger partial charge in [0.2, 0.25) is 5.91 Å². The third-order valence-electron chi connectivity index (χ3n) is 3.60. The van der Waals surface area contributed by atoms with Crippen molar-refractivity contribution in [2.45, 2.75) is 6.42 Å². The zero-order valence-corrected chi connectivity index (χ0v) is 12.8. The lowest BCUT2D eigenvalue weighted by Crippen LogP contribution is -2.12. The number of nitrogens with one attached hydrogen (secondary N) is 2. The number of ether oxygens (including phenoxy) is 2. The van der Waals surface area contributed by atoms with Gasteiger partial charge in [0.25, 0.3) is 5.91 Å². The maximum atomic E-state index is 12.4. The molecule has 0 unspecified atom stereocenters. The van der Waals surface area contributed by atoms with Crippen LogP contribution in [0.5, 0.6) is 11.5 Å². The Morgan fingerprint density at radius 3 is 2.43 bits per heavy atom. The highest BCUT2D eigenvalue weighted by molar-refractivity contribution is 6.05. The second-order valence-corrected chi connectivity index (χ2v) is 5.15. The molecule has 0 aliphatic carbocycles. The van der Waals surface area contributed by atoms with Crippen LogP contribution in [0.25, 0.3) is 0 Å². The molecule has 0 spiro atoms. The Morgan fingerprint density at radius 2 is 1.78 bits per heavy atom. The van der Waals surface area contributed by atoms with Crippen LogP contribution in [-0.4, -0.2) is 26.0 Å². The standard InChI is InChI=1S/C17H16N2O4/c1-22-13-6-11(7-14(9-13)23-2)17(21)18-12-3-4-15-10(5-12)8-16(20)19-15/h3-7,9H,8H2,1-2H3,(H,18,21)(H,19,20). The summed E-state index contributed by atoms with van der Waals surface area (Å²) in [5, 5.41) is 5.57. The van der Waals surface area contributed by atoms with Gasteiger partial charge >= 0.3 is 0 Å². The van der Waals surface area contributed by atoms with Gasteiger partial charge in [-0.1, -0.05) is 0 Å². The monoisotopic (exact) mass is 312 g/mol. The van der Waals surface area contributed by atoms with E-state index in [0.717, 1.165) is 11.3 Å². The molecule has 2 aromatic carbocycles. The Bertz CT molecular complexity index is 764. The molecule has 2 aromatic rings. The van der Waals surface area contributed by atoms with Gasteiger partial charge in [-0.15, -0.1) is 0 Å². The number of methoxy groups -OCH3 is 2. The predicted octanol–water partition coefficient (Wildman–Crippen LogP) is 2.45. The van der Waals surface area contributed by atoms with Crippen molar-refractivity contribution in [3.63, 3.8) is 0 Å². The lowest BCUT2D eigenvalue weighted by Gasteiger charge is -2.10. The van der Waals surface area contributed by atoms with Crippen molar-refractivity contribution in [1.29, 1.82) is 0 Å². The molecule has 0 aromatic heterocycles. The molecule has 2 N–H and O–H groups in total. The summed E-state index contributed by atoms with van der Waals surface area (Å²) in [7, 11) is 3.06. The lowest BCUT2D eigenvalue weighted by atomic mass is 10.1. The second-order valence-electron chi connectivity index (χ2n) is 5.15. The van der Waals surface area contributed by atoms with Gasteiger partial charge in [0.1, 0.15) is 11.5 Å². The molecule has 0 fully saturated rings. The highest BCUT2D eigenvalue weighted by Gasteiger charge is 2.18. The number of carbonyl (C=O) groups is 2. The lowest BCUT2D eigenvalue weighted by molar-refractivity contribution is -0.115. The molecule has 3 rings (SSSR count). The first-order valence-electron chi connectivity index (χ1n) is 7.06. The summed E-state index contributed by atoms with van der Waals surface area (Å²) in [6.07, 6.45) is 0.325. The summed E-state index contributed by atoms with van der Waals surface area (Å²) in [6, 6.07) is 10.3. The third-order valence-corrected chi connectivity index (χ3v) is 3.60. The molecule has 0 bridgehead atoms. The molecule has 6 nitrogen and oxygen atoms in total. The van der Waals surface area contributed by atoms with E-state index in [4.69, 9.17) is 9.47 Å². The van der Waals surface area contributed by atoms with Crippen molar-refractivity contribution in [2.75, 3.05) is 24.9 Å². The van der Waals surface area contributed by atoms with Crippen LogP contribution >= 0.6 is 0 Å². The van der Waals surface area contributed by atoms with Gasteiger partial charge in [-0.25, -0.2) is 0 Å². The molecule has 23 heavy (non-hydrogen) atoms. The summed E-state index contributed by atoms with van der Waals surface area (Å²) in [6.45, 7) is 0. The van der Waals surface area contributed by atoms with Crippen LogP contribution in [0.4, 0.5) is 11.4 Å². The van der Waals surface area contributed by atoms with Crippen LogP contribution in [0.2, 0.25) is 0 Å². The highest BCUT2D eigenvalue weighted by atomic mass is 16.5. The summed E-state index contributed by atoms with van der Waals surface area (Å²) < 4.78 is 10.3. The average molecular weight is 312 g/mol. The maximum absolute atomic E-state index is 12.4. The van der Waals surface area contributed by atoms with Crippen molar-refractivity contribution in [3.8, 4) is 11.5 Å². The number of hydrogen-bond acceptors (Lipinski definition) is 4. The number of amides is 2. The zero-order valence-electron chi connectivity index (χ0n) is 12.8. The summed E-state index contributed by atoms with van der Waals surface area (Å²) in [5.41, 5.74) is 2.72. The molecule has 0 saturated carbocycles. The van der Waals surface area contributed by atoms with Crippen LogP contribution < -0.4 is 20.1 Å². The van der Waals surface area contributed by atoms with Crippen LogP contribution in [0, 0.1) is 0 Å². The van der Waals surface area contributed by atoms with Gasteiger partial charge in [-0.3, -0.25) is 9.59 Å². The first-order chi connectivity index (χ1) is 11.1. The van der Waals surface area contributed by atoms with Crippen molar-refractivity contribution in [1.82, 2.24) is 0 Å². The van der Waals surface area contributed by atoms with Gasteiger partial charge in [0, 0.05) is 23.0 Å². The topological polar surface area (TPSA) is 76.7 Å². The number of rotatable bonds is 4. The smallest absolute Gasteiger partial charge is 0.255 e. The van der Waals surface area contributed by atoms with Crippen molar-refractivity contribution < 1.29 is 19.1 Å². The van der Waals surface area contributed by atoms with Gasteiger partial charge in [-0.05, 0) is 35.9 Å². The van der Waals surface area contributed by atoms with E-state index in [9.17, 15) is 9.59 Å². The minimum absolute atomic E-state index is 0.0407. The third kappa shape index (κ3) is 3.11. The largest absolute Gasteiger partial charge is 0.497 e. The average Bonchev–Trinajstić information content (AvgIpc) is 2.93. The Hall–Kier alpha value is -3.02. The van der Waals surface area contributed by atoms with E-state index < -0.39 is 0 Å². The van der Waals surface area contributed by atoms with Crippen molar-refractivity contribution in [2.24, 2.45) is 0 Å². The molecule has 118 valence electrons. The van der Waals surface area contributed by atoms with Gasteiger partial charge < -0.3 is 20.1 Å². The van der Waals surface area contributed by atoms with E-state index in [1.807, 2.05) is 0 Å². The molecule has 1 aliphatic rings. The molecule has 0 saturated heterocycles. The normalized spacial score (nSPS) is 12.3. The van der Waals surface area contributed by atoms with E-state index in [1.54, 1.807) is 36.4 Å². The number of carbonyl (C=O) groups excluding carboxylic acids is 2. The molecule has 1 aliphatic heterocycles. The quantitative estimate of drug-likeness (QED) is 0.909. The number of benzene rings is 2. The van der Waals surface area contributed by atoms with Crippen LogP contribution in [0.3, 0.4) is 0 Å². The van der Waals surface area contributed by atoms with E-state index in [2.05, 4.69) is 10.6 Å². The summed E-state index contributed by atoms with van der Waals surface area (Å²) in [5.74, 6) is 0.761. The van der Waals surface area contributed by atoms with Gasteiger partial charge in [0.05, 0.1) is 20.6 Å². The van der Waals surface area contributed by atoms with Gasteiger partial charge in [-0.2, -0.15) is 0 Å². The van der Waals surface area contributed by atoms with Crippen molar-refractivity contribution in [3.05, 3.63) is 47.5 Å². The Kier molecular flexibility index (Phi) is 3.89.